The zero-order valence-electron chi connectivity index (χ0n) is 13.2. The number of phenolic OH excluding ortho intramolecular Hbond substituents is 1. The first kappa shape index (κ1) is 15.9. The molecule has 2 aromatic rings. The van der Waals surface area contributed by atoms with Crippen LogP contribution in [-0.2, 0) is 11.2 Å². The van der Waals surface area contributed by atoms with Crippen LogP contribution < -0.4 is 0 Å². The summed E-state index contributed by atoms with van der Waals surface area (Å²) in [6.07, 6.45) is 0.401. The van der Waals surface area contributed by atoms with Gasteiger partial charge in [0.05, 0.1) is 6.42 Å². The molecule has 1 unspecified atom stereocenters. The number of aromatic hydroxyl groups is 1. The average molecular weight is 327 g/mol. The number of aryl methyl sites for hydroxylation is 1. The fourth-order valence-corrected chi connectivity index (χ4v) is 4.14. The van der Waals surface area contributed by atoms with Crippen LogP contribution in [0.5, 0.6) is 5.75 Å². The maximum absolute atomic E-state index is 12.6. The van der Waals surface area contributed by atoms with Gasteiger partial charge in [0, 0.05) is 24.1 Å². The Balaban J connectivity index is 1.67. The minimum absolute atomic E-state index is 0.167. The van der Waals surface area contributed by atoms with E-state index in [9.17, 15) is 9.90 Å². The maximum atomic E-state index is 12.6. The monoisotopic (exact) mass is 327 g/mol. The van der Waals surface area contributed by atoms with Crippen molar-refractivity contribution < 1.29 is 9.90 Å². The lowest BCUT2D eigenvalue weighted by molar-refractivity contribution is -0.130. The number of hydrogen-bond donors (Lipinski definition) is 1. The second kappa shape index (κ2) is 7.09. The number of carbonyl (C=O) groups is 1. The summed E-state index contributed by atoms with van der Waals surface area (Å²) in [5.41, 5.74) is 3.24. The Bertz CT molecular complexity index is 687. The normalized spacial score (nSPS) is 18.0. The number of nitrogens with zero attached hydrogens (tertiary/aromatic N) is 1. The second-order valence-electron chi connectivity index (χ2n) is 5.90. The Morgan fingerprint density at radius 2 is 2.04 bits per heavy atom. The first-order chi connectivity index (χ1) is 11.1. The van der Waals surface area contributed by atoms with Crippen LogP contribution in [-0.4, -0.2) is 34.8 Å². The molecule has 1 aliphatic rings. The van der Waals surface area contributed by atoms with Crippen molar-refractivity contribution in [3.05, 3.63) is 65.2 Å². The van der Waals surface area contributed by atoms with Gasteiger partial charge in [-0.15, -0.1) is 0 Å². The lowest BCUT2D eigenvalue weighted by Crippen LogP contribution is -2.40. The number of phenols is 1. The average Bonchev–Trinajstić information content (AvgIpc) is 2.58. The Labute approximate surface area is 141 Å². The van der Waals surface area contributed by atoms with Gasteiger partial charge in [-0.25, -0.2) is 0 Å². The van der Waals surface area contributed by atoms with Crippen LogP contribution in [0, 0.1) is 6.92 Å². The molecule has 0 radical (unpaired) electrons. The molecule has 2 aromatic carbocycles. The highest BCUT2D eigenvalue weighted by Crippen LogP contribution is 2.33. The molecule has 0 bridgehead atoms. The summed E-state index contributed by atoms with van der Waals surface area (Å²) in [6, 6.07) is 15.6. The van der Waals surface area contributed by atoms with E-state index < -0.39 is 0 Å². The van der Waals surface area contributed by atoms with Crippen molar-refractivity contribution in [2.24, 2.45) is 0 Å². The Morgan fingerprint density at radius 1 is 1.26 bits per heavy atom. The number of benzene rings is 2. The van der Waals surface area contributed by atoms with Crippen LogP contribution in [0.3, 0.4) is 0 Å². The van der Waals surface area contributed by atoms with Gasteiger partial charge in [-0.3, -0.25) is 4.79 Å². The number of hydrogen-bond acceptors (Lipinski definition) is 3. The van der Waals surface area contributed by atoms with Gasteiger partial charge in [0.1, 0.15) is 5.75 Å². The molecule has 1 amide bonds. The highest BCUT2D eigenvalue weighted by atomic mass is 32.2. The lowest BCUT2D eigenvalue weighted by Gasteiger charge is -2.33. The third-order valence-electron chi connectivity index (χ3n) is 4.26. The predicted molar refractivity (Wildman–Crippen MR) is 94.8 cm³/mol. The molecular formula is C19H21NO2S. The molecule has 1 fully saturated rings. The van der Waals surface area contributed by atoms with Gasteiger partial charge in [-0.1, -0.05) is 36.4 Å². The molecule has 0 aromatic heterocycles. The van der Waals surface area contributed by atoms with Crippen molar-refractivity contribution in [1.82, 2.24) is 4.90 Å². The molecule has 0 spiro atoms. The van der Waals surface area contributed by atoms with E-state index in [-0.39, 0.29) is 11.7 Å². The molecule has 23 heavy (non-hydrogen) atoms. The first-order valence-corrected chi connectivity index (χ1v) is 8.91. The molecule has 1 aliphatic heterocycles. The van der Waals surface area contributed by atoms with E-state index in [0.29, 0.717) is 11.7 Å². The molecule has 1 atom stereocenters. The van der Waals surface area contributed by atoms with Crippen molar-refractivity contribution >= 4 is 17.7 Å². The number of amides is 1. The molecule has 1 saturated heterocycles. The van der Waals surface area contributed by atoms with E-state index in [2.05, 4.69) is 24.3 Å². The summed E-state index contributed by atoms with van der Waals surface area (Å²) < 4.78 is 0. The van der Waals surface area contributed by atoms with E-state index >= 15 is 0 Å². The van der Waals surface area contributed by atoms with Crippen molar-refractivity contribution in [2.45, 2.75) is 18.6 Å². The van der Waals surface area contributed by atoms with Gasteiger partial charge >= 0.3 is 0 Å². The molecule has 0 saturated carbocycles. The third-order valence-corrected chi connectivity index (χ3v) is 5.50. The van der Waals surface area contributed by atoms with Gasteiger partial charge in [-0.2, -0.15) is 11.8 Å². The third kappa shape index (κ3) is 3.88. The maximum Gasteiger partial charge on any atom is 0.227 e. The van der Waals surface area contributed by atoms with Gasteiger partial charge < -0.3 is 10.0 Å². The Kier molecular flexibility index (Phi) is 4.91. The highest BCUT2D eigenvalue weighted by molar-refractivity contribution is 7.99. The fourth-order valence-electron chi connectivity index (χ4n) is 2.90. The number of rotatable bonds is 3. The molecule has 0 aliphatic carbocycles. The quantitative estimate of drug-likeness (QED) is 0.937. The summed E-state index contributed by atoms with van der Waals surface area (Å²) in [5.74, 6) is 1.39. The molecule has 1 heterocycles. The smallest absolute Gasteiger partial charge is 0.227 e. The van der Waals surface area contributed by atoms with Gasteiger partial charge in [0.15, 0.2) is 0 Å². The van der Waals surface area contributed by atoms with E-state index in [1.54, 1.807) is 12.1 Å². The van der Waals surface area contributed by atoms with Crippen molar-refractivity contribution in [1.29, 1.82) is 0 Å². The Morgan fingerprint density at radius 3 is 2.78 bits per heavy atom. The van der Waals surface area contributed by atoms with Crippen molar-refractivity contribution in [3.8, 4) is 5.75 Å². The standard InChI is InChI=1S/C19H21NO2S/c1-14-11-17(21)8-7-16(14)12-19(22)20-9-10-23-18(13-20)15-5-3-2-4-6-15/h2-8,11,18,21H,9-10,12-13H2,1H3. The number of carbonyl (C=O) groups excluding carboxylic acids is 1. The topological polar surface area (TPSA) is 40.5 Å². The van der Waals surface area contributed by atoms with E-state index in [1.165, 1.54) is 5.56 Å². The summed E-state index contributed by atoms with van der Waals surface area (Å²) >= 11 is 1.92. The van der Waals surface area contributed by atoms with Crippen LogP contribution in [0.4, 0.5) is 0 Å². The van der Waals surface area contributed by atoms with Gasteiger partial charge in [0.25, 0.3) is 0 Å². The van der Waals surface area contributed by atoms with Crippen LogP contribution in [0.15, 0.2) is 48.5 Å². The van der Waals surface area contributed by atoms with Gasteiger partial charge in [0.2, 0.25) is 5.91 Å². The van der Waals surface area contributed by atoms with E-state index in [1.807, 2.05) is 35.7 Å². The zero-order chi connectivity index (χ0) is 16.2. The lowest BCUT2D eigenvalue weighted by atomic mass is 10.0. The molecule has 120 valence electrons. The molecule has 4 heteroatoms. The summed E-state index contributed by atoms with van der Waals surface area (Å²) in [7, 11) is 0. The summed E-state index contributed by atoms with van der Waals surface area (Å²) in [6.45, 7) is 3.51. The molecular weight excluding hydrogens is 306 g/mol. The van der Waals surface area contributed by atoms with Gasteiger partial charge in [-0.05, 0) is 35.7 Å². The predicted octanol–water partition coefficient (Wildman–Crippen LogP) is 3.56. The highest BCUT2D eigenvalue weighted by Gasteiger charge is 2.25. The minimum Gasteiger partial charge on any atom is -0.508 e. The van der Waals surface area contributed by atoms with Crippen LogP contribution >= 0.6 is 11.8 Å². The van der Waals surface area contributed by atoms with E-state index in [0.717, 1.165) is 30.0 Å². The van der Waals surface area contributed by atoms with E-state index in [4.69, 9.17) is 0 Å². The fraction of sp³-hybridized carbons (Fsp3) is 0.316. The summed E-state index contributed by atoms with van der Waals surface area (Å²) in [4.78, 5) is 14.6. The molecule has 3 rings (SSSR count). The van der Waals surface area contributed by atoms with Crippen LogP contribution in [0.1, 0.15) is 21.9 Å². The molecule has 1 N–H and O–H groups in total. The zero-order valence-corrected chi connectivity index (χ0v) is 14.1. The van der Waals surface area contributed by atoms with Crippen LogP contribution in [0.25, 0.3) is 0 Å². The second-order valence-corrected chi connectivity index (χ2v) is 7.21. The molecule has 3 nitrogen and oxygen atoms in total. The van der Waals surface area contributed by atoms with Crippen molar-refractivity contribution in [2.75, 3.05) is 18.8 Å². The Hall–Kier alpha value is -1.94. The number of thioether (sulfide) groups is 1. The first-order valence-electron chi connectivity index (χ1n) is 7.86. The SMILES string of the molecule is Cc1cc(O)ccc1CC(=O)N1CCSC(c2ccccc2)C1. The largest absolute Gasteiger partial charge is 0.508 e. The van der Waals surface area contributed by atoms with Crippen LogP contribution in [0.2, 0.25) is 0 Å². The summed E-state index contributed by atoms with van der Waals surface area (Å²) in [5, 5.41) is 9.84. The van der Waals surface area contributed by atoms with Crippen molar-refractivity contribution in [3.63, 3.8) is 0 Å². The minimum atomic E-state index is 0.167.